The van der Waals surface area contributed by atoms with E-state index in [0.717, 1.165) is 44.2 Å². The molecule has 2 heterocycles. The Kier molecular flexibility index (Phi) is 5.97. The van der Waals surface area contributed by atoms with Gasteiger partial charge in [-0.1, -0.05) is 18.2 Å². The zero-order valence-electron chi connectivity index (χ0n) is 13.2. The number of anilines is 3. The number of nitrogens with one attached hydrogen (secondary N) is 2. The molecule has 1 saturated heterocycles. The average molecular weight is 329 g/mol. The van der Waals surface area contributed by atoms with E-state index in [1.165, 1.54) is 17.2 Å². The maximum Gasteiger partial charge on any atom is 0.134 e. The largest absolute Gasteiger partial charge is 0.385 e. The Balaban J connectivity index is 1.41. The number of hydrogen-bond acceptors (Lipinski definition) is 6. The zero-order chi connectivity index (χ0) is 15.7. The summed E-state index contributed by atoms with van der Waals surface area (Å²) < 4.78 is 0. The third kappa shape index (κ3) is 5.03. The molecule has 0 spiro atoms. The highest BCUT2D eigenvalue weighted by Gasteiger charge is 2.12. The van der Waals surface area contributed by atoms with Gasteiger partial charge in [-0.3, -0.25) is 0 Å². The topological polar surface area (TPSA) is 53.1 Å². The average Bonchev–Trinajstić information content (AvgIpc) is 2.63. The Hall–Kier alpha value is -1.95. The Bertz CT molecular complexity index is 587. The molecule has 3 rings (SSSR count). The predicted molar refractivity (Wildman–Crippen MR) is 99.6 cm³/mol. The van der Waals surface area contributed by atoms with Gasteiger partial charge in [0.15, 0.2) is 0 Å². The first-order valence-electron chi connectivity index (χ1n) is 8.09. The molecule has 1 aromatic heterocycles. The van der Waals surface area contributed by atoms with E-state index >= 15 is 0 Å². The first kappa shape index (κ1) is 15.9. The van der Waals surface area contributed by atoms with Gasteiger partial charge in [0.2, 0.25) is 0 Å². The van der Waals surface area contributed by atoms with Gasteiger partial charge in [-0.05, 0) is 18.6 Å². The van der Waals surface area contributed by atoms with Crippen molar-refractivity contribution in [2.75, 3.05) is 53.2 Å². The third-order valence-electron chi connectivity index (χ3n) is 3.75. The van der Waals surface area contributed by atoms with Crippen molar-refractivity contribution in [1.82, 2.24) is 9.97 Å². The fraction of sp³-hybridized carbons (Fsp3) is 0.412. The molecular formula is C17H23N5S. The Morgan fingerprint density at radius 1 is 1.00 bits per heavy atom. The Morgan fingerprint density at radius 3 is 2.61 bits per heavy atom. The van der Waals surface area contributed by atoms with E-state index in [1.807, 2.05) is 30.0 Å². The van der Waals surface area contributed by atoms with Crippen LogP contribution in [-0.2, 0) is 0 Å². The minimum absolute atomic E-state index is 0.895. The van der Waals surface area contributed by atoms with Crippen LogP contribution < -0.4 is 15.5 Å². The lowest BCUT2D eigenvalue weighted by atomic mass is 10.3. The molecule has 5 nitrogen and oxygen atoms in total. The highest BCUT2D eigenvalue weighted by atomic mass is 32.2. The smallest absolute Gasteiger partial charge is 0.134 e. The normalized spacial score (nSPS) is 14.5. The van der Waals surface area contributed by atoms with Crippen LogP contribution in [0.2, 0.25) is 0 Å². The van der Waals surface area contributed by atoms with E-state index in [0.29, 0.717) is 0 Å². The summed E-state index contributed by atoms with van der Waals surface area (Å²) in [6, 6.07) is 12.3. The molecule has 2 N–H and O–H groups in total. The summed E-state index contributed by atoms with van der Waals surface area (Å²) in [5.74, 6) is 4.30. The molecule has 0 amide bonds. The maximum absolute atomic E-state index is 4.40. The third-order valence-corrected chi connectivity index (χ3v) is 4.69. The molecule has 0 bridgehead atoms. The standard InChI is InChI=1S/C17H23N5S/c1-2-5-15(6-3-1)18-7-4-8-19-16-13-17(21-14-20-16)22-9-11-23-12-10-22/h1-3,5-6,13-14,18H,4,7-12H2,(H,19,20,21). The van der Waals surface area contributed by atoms with E-state index in [2.05, 4.69) is 43.7 Å². The van der Waals surface area contributed by atoms with Crippen LogP contribution in [0.25, 0.3) is 0 Å². The summed E-state index contributed by atoms with van der Waals surface area (Å²) in [6.45, 7) is 3.98. The van der Waals surface area contributed by atoms with Crippen molar-refractivity contribution >= 4 is 29.1 Å². The number of thioether (sulfide) groups is 1. The molecule has 1 fully saturated rings. The van der Waals surface area contributed by atoms with Crippen LogP contribution in [0.3, 0.4) is 0 Å². The van der Waals surface area contributed by atoms with Crippen LogP contribution in [0.1, 0.15) is 6.42 Å². The second-order valence-corrected chi connectivity index (χ2v) is 6.66. The van der Waals surface area contributed by atoms with E-state index in [-0.39, 0.29) is 0 Å². The SMILES string of the molecule is c1ccc(NCCCNc2cc(N3CCSCC3)ncn2)cc1. The van der Waals surface area contributed by atoms with Gasteiger partial charge < -0.3 is 15.5 Å². The van der Waals surface area contributed by atoms with Gasteiger partial charge in [0, 0.05) is 49.4 Å². The van der Waals surface area contributed by atoms with Crippen molar-refractivity contribution in [3.8, 4) is 0 Å². The number of para-hydroxylation sites is 1. The lowest BCUT2D eigenvalue weighted by Crippen LogP contribution is -2.33. The van der Waals surface area contributed by atoms with Crippen molar-refractivity contribution in [3.63, 3.8) is 0 Å². The van der Waals surface area contributed by atoms with Crippen LogP contribution in [0.5, 0.6) is 0 Å². The van der Waals surface area contributed by atoms with Crippen LogP contribution in [-0.4, -0.2) is 47.7 Å². The van der Waals surface area contributed by atoms with E-state index in [4.69, 9.17) is 0 Å². The number of hydrogen-bond donors (Lipinski definition) is 2. The van der Waals surface area contributed by atoms with Crippen molar-refractivity contribution in [3.05, 3.63) is 42.7 Å². The number of rotatable bonds is 7. The molecule has 0 aliphatic carbocycles. The summed E-state index contributed by atoms with van der Waals surface area (Å²) >= 11 is 2.01. The van der Waals surface area contributed by atoms with Gasteiger partial charge in [-0.15, -0.1) is 0 Å². The first-order chi connectivity index (χ1) is 11.4. The van der Waals surface area contributed by atoms with Gasteiger partial charge in [0.25, 0.3) is 0 Å². The van der Waals surface area contributed by atoms with Gasteiger partial charge >= 0.3 is 0 Å². The molecular weight excluding hydrogens is 306 g/mol. The van der Waals surface area contributed by atoms with Gasteiger partial charge in [0.1, 0.15) is 18.0 Å². The molecule has 1 aliphatic heterocycles. The summed E-state index contributed by atoms with van der Waals surface area (Å²) in [4.78, 5) is 11.0. The zero-order valence-corrected chi connectivity index (χ0v) is 14.1. The molecule has 0 atom stereocenters. The van der Waals surface area contributed by atoms with E-state index < -0.39 is 0 Å². The molecule has 2 aromatic rings. The van der Waals surface area contributed by atoms with Crippen LogP contribution in [0.4, 0.5) is 17.3 Å². The maximum atomic E-state index is 4.40. The lowest BCUT2D eigenvalue weighted by Gasteiger charge is -2.27. The molecule has 0 unspecified atom stereocenters. The van der Waals surface area contributed by atoms with Crippen LogP contribution in [0, 0.1) is 0 Å². The lowest BCUT2D eigenvalue weighted by molar-refractivity contribution is 0.833. The minimum Gasteiger partial charge on any atom is -0.385 e. The Morgan fingerprint density at radius 2 is 1.78 bits per heavy atom. The van der Waals surface area contributed by atoms with Crippen molar-refractivity contribution in [2.45, 2.75) is 6.42 Å². The highest BCUT2D eigenvalue weighted by molar-refractivity contribution is 7.99. The van der Waals surface area contributed by atoms with Crippen molar-refractivity contribution < 1.29 is 0 Å². The monoisotopic (exact) mass is 329 g/mol. The second kappa shape index (κ2) is 8.62. The van der Waals surface area contributed by atoms with Crippen molar-refractivity contribution in [1.29, 1.82) is 0 Å². The molecule has 6 heteroatoms. The summed E-state index contributed by atoms with van der Waals surface area (Å²) in [7, 11) is 0. The van der Waals surface area contributed by atoms with E-state index in [9.17, 15) is 0 Å². The second-order valence-electron chi connectivity index (χ2n) is 5.43. The quantitative estimate of drug-likeness (QED) is 0.762. The molecule has 23 heavy (non-hydrogen) atoms. The number of benzene rings is 1. The van der Waals surface area contributed by atoms with Gasteiger partial charge in [-0.2, -0.15) is 11.8 Å². The Labute approximate surface area is 141 Å². The van der Waals surface area contributed by atoms with Gasteiger partial charge in [0.05, 0.1) is 0 Å². The minimum atomic E-state index is 0.895. The summed E-state index contributed by atoms with van der Waals surface area (Å²) in [5, 5.41) is 6.80. The van der Waals surface area contributed by atoms with Gasteiger partial charge in [-0.25, -0.2) is 9.97 Å². The number of nitrogens with zero attached hydrogens (tertiary/aromatic N) is 3. The van der Waals surface area contributed by atoms with Crippen molar-refractivity contribution in [2.24, 2.45) is 0 Å². The molecule has 122 valence electrons. The fourth-order valence-corrected chi connectivity index (χ4v) is 3.41. The molecule has 1 aromatic carbocycles. The van der Waals surface area contributed by atoms with E-state index in [1.54, 1.807) is 6.33 Å². The van der Waals surface area contributed by atoms with Crippen LogP contribution in [0.15, 0.2) is 42.7 Å². The van der Waals surface area contributed by atoms with Crippen LogP contribution >= 0.6 is 11.8 Å². The number of aromatic nitrogens is 2. The first-order valence-corrected chi connectivity index (χ1v) is 9.25. The summed E-state index contributed by atoms with van der Waals surface area (Å²) in [6.07, 6.45) is 2.69. The predicted octanol–water partition coefficient (Wildman–Crippen LogP) is 2.94. The molecule has 0 saturated carbocycles. The highest BCUT2D eigenvalue weighted by Crippen LogP contribution is 2.18. The molecule has 1 aliphatic rings. The summed E-state index contributed by atoms with van der Waals surface area (Å²) in [5.41, 5.74) is 1.17. The molecule has 0 radical (unpaired) electrons. The fourth-order valence-electron chi connectivity index (χ4n) is 2.50.